The molecule has 100 valence electrons. The number of hydrogen-bond donors (Lipinski definition) is 2. The lowest BCUT2D eigenvalue weighted by atomic mass is 10.1. The first-order valence-corrected chi connectivity index (χ1v) is 7.55. The molecule has 0 amide bonds. The van der Waals surface area contributed by atoms with Crippen LogP contribution in [0.3, 0.4) is 0 Å². The van der Waals surface area contributed by atoms with Gasteiger partial charge in [-0.3, -0.25) is 0 Å². The first kappa shape index (κ1) is 12.6. The molecule has 1 aliphatic heterocycles. The summed E-state index contributed by atoms with van der Waals surface area (Å²) in [6, 6.07) is 7.01. The van der Waals surface area contributed by atoms with E-state index in [9.17, 15) is 0 Å². The molecule has 2 heterocycles. The van der Waals surface area contributed by atoms with Crippen molar-refractivity contribution in [2.75, 3.05) is 11.9 Å². The predicted octanol–water partition coefficient (Wildman–Crippen LogP) is 3.27. The quantitative estimate of drug-likeness (QED) is 0.897. The van der Waals surface area contributed by atoms with Crippen LogP contribution >= 0.6 is 11.3 Å². The molecule has 4 heteroatoms. The molecule has 19 heavy (non-hydrogen) atoms. The molecule has 0 spiro atoms. The molecule has 0 fully saturated rings. The highest BCUT2D eigenvalue weighted by molar-refractivity contribution is 7.11. The average molecular weight is 273 g/mol. The lowest BCUT2D eigenvalue weighted by Gasteiger charge is -2.12. The van der Waals surface area contributed by atoms with Gasteiger partial charge in [0.05, 0.1) is 6.04 Å². The highest BCUT2D eigenvalue weighted by Gasteiger charge is 2.11. The molecule has 2 aromatic rings. The Bertz CT molecular complexity index is 577. The van der Waals surface area contributed by atoms with Gasteiger partial charge >= 0.3 is 0 Å². The number of benzene rings is 1. The van der Waals surface area contributed by atoms with Crippen molar-refractivity contribution in [2.45, 2.75) is 32.9 Å². The Balaban J connectivity index is 1.63. The maximum Gasteiger partial charge on any atom is 0.109 e. The van der Waals surface area contributed by atoms with Crippen molar-refractivity contribution in [3.05, 3.63) is 45.4 Å². The van der Waals surface area contributed by atoms with Gasteiger partial charge in [-0.15, -0.1) is 11.3 Å². The summed E-state index contributed by atoms with van der Waals surface area (Å²) in [6.07, 6.45) is 3.09. The number of hydrogen-bond acceptors (Lipinski definition) is 4. The predicted molar refractivity (Wildman–Crippen MR) is 80.7 cm³/mol. The lowest BCUT2D eigenvalue weighted by Crippen LogP contribution is -2.17. The number of aryl methyl sites for hydroxylation is 1. The van der Waals surface area contributed by atoms with Crippen molar-refractivity contribution in [3.63, 3.8) is 0 Å². The number of aromatic nitrogens is 1. The summed E-state index contributed by atoms with van der Waals surface area (Å²) in [7, 11) is 0. The van der Waals surface area contributed by atoms with Crippen molar-refractivity contribution in [1.29, 1.82) is 0 Å². The third kappa shape index (κ3) is 2.80. The summed E-state index contributed by atoms with van der Waals surface area (Å²) >= 11 is 1.77. The van der Waals surface area contributed by atoms with Crippen LogP contribution in [0.1, 0.15) is 34.0 Å². The van der Waals surface area contributed by atoms with Gasteiger partial charge in [0.15, 0.2) is 0 Å². The van der Waals surface area contributed by atoms with E-state index in [1.165, 1.54) is 26.7 Å². The fourth-order valence-electron chi connectivity index (χ4n) is 2.40. The summed E-state index contributed by atoms with van der Waals surface area (Å²) in [6.45, 7) is 6.24. The van der Waals surface area contributed by atoms with Crippen molar-refractivity contribution < 1.29 is 0 Å². The molecule has 1 aromatic carbocycles. The van der Waals surface area contributed by atoms with E-state index in [4.69, 9.17) is 0 Å². The number of anilines is 1. The number of fused-ring (bicyclic) bond motifs is 1. The Morgan fingerprint density at radius 3 is 3.16 bits per heavy atom. The van der Waals surface area contributed by atoms with E-state index in [-0.39, 0.29) is 0 Å². The van der Waals surface area contributed by atoms with E-state index in [2.05, 4.69) is 47.7 Å². The smallest absolute Gasteiger partial charge is 0.109 e. The number of nitrogens with one attached hydrogen (secondary N) is 2. The molecule has 0 saturated carbocycles. The van der Waals surface area contributed by atoms with Gasteiger partial charge in [-0.1, -0.05) is 12.1 Å². The highest BCUT2D eigenvalue weighted by Crippen LogP contribution is 2.24. The van der Waals surface area contributed by atoms with Gasteiger partial charge in [-0.05, 0) is 37.5 Å². The second-order valence-electron chi connectivity index (χ2n) is 5.08. The van der Waals surface area contributed by atoms with Gasteiger partial charge < -0.3 is 10.6 Å². The molecule has 1 aromatic heterocycles. The van der Waals surface area contributed by atoms with E-state index in [1.54, 1.807) is 11.3 Å². The van der Waals surface area contributed by atoms with E-state index in [1.807, 2.05) is 6.20 Å². The van der Waals surface area contributed by atoms with Crippen LogP contribution in [0.2, 0.25) is 0 Å². The van der Waals surface area contributed by atoms with Crippen LogP contribution < -0.4 is 10.6 Å². The molecular weight excluding hydrogens is 254 g/mol. The normalized spacial score (nSPS) is 15.1. The van der Waals surface area contributed by atoms with E-state index in [0.29, 0.717) is 6.04 Å². The monoisotopic (exact) mass is 273 g/mol. The van der Waals surface area contributed by atoms with Crippen molar-refractivity contribution in [3.8, 4) is 0 Å². The zero-order valence-electron chi connectivity index (χ0n) is 11.4. The molecule has 1 unspecified atom stereocenters. The number of rotatable bonds is 4. The molecule has 1 aliphatic rings. The minimum absolute atomic E-state index is 0.310. The first-order chi connectivity index (χ1) is 9.22. The fraction of sp³-hybridized carbons (Fsp3) is 0.400. The summed E-state index contributed by atoms with van der Waals surface area (Å²) in [5.74, 6) is 0. The van der Waals surface area contributed by atoms with Gasteiger partial charge in [0.2, 0.25) is 0 Å². The average Bonchev–Trinajstić information content (AvgIpc) is 3.03. The zero-order valence-corrected chi connectivity index (χ0v) is 12.2. The molecular formula is C15H19N3S. The minimum atomic E-state index is 0.310. The summed E-state index contributed by atoms with van der Waals surface area (Å²) in [5, 5.41) is 8.11. The van der Waals surface area contributed by atoms with Crippen LogP contribution in [-0.4, -0.2) is 11.5 Å². The van der Waals surface area contributed by atoms with Gasteiger partial charge in [0, 0.05) is 29.9 Å². The Morgan fingerprint density at radius 2 is 2.37 bits per heavy atom. The molecule has 1 atom stereocenters. The second kappa shape index (κ2) is 5.31. The van der Waals surface area contributed by atoms with Gasteiger partial charge in [-0.25, -0.2) is 4.98 Å². The Labute approximate surface area is 118 Å². The minimum Gasteiger partial charge on any atom is -0.384 e. The molecule has 0 aliphatic carbocycles. The van der Waals surface area contributed by atoms with Crippen molar-refractivity contribution >= 4 is 17.0 Å². The molecule has 0 radical (unpaired) electrons. The topological polar surface area (TPSA) is 37.0 Å². The van der Waals surface area contributed by atoms with Gasteiger partial charge in [0.25, 0.3) is 0 Å². The Kier molecular flexibility index (Phi) is 3.53. The maximum atomic E-state index is 4.43. The SMILES string of the molecule is Cc1cnc(C(C)NCc2ccc3c(c2)CCN3)s1. The molecule has 0 saturated heterocycles. The third-order valence-electron chi connectivity index (χ3n) is 3.50. The van der Waals surface area contributed by atoms with E-state index >= 15 is 0 Å². The van der Waals surface area contributed by atoms with Crippen LogP contribution in [-0.2, 0) is 13.0 Å². The van der Waals surface area contributed by atoms with Crippen LogP contribution in [0.15, 0.2) is 24.4 Å². The van der Waals surface area contributed by atoms with Crippen LogP contribution in [0.5, 0.6) is 0 Å². The first-order valence-electron chi connectivity index (χ1n) is 6.74. The molecule has 0 bridgehead atoms. The Morgan fingerprint density at radius 1 is 1.47 bits per heavy atom. The lowest BCUT2D eigenvalue weighted by molar-refractivity contribution is 0.571. The van der Waals surface area contributed by atoms with Crippen LogP contribution in [0.25, 0.3) is 0 Å². The summed E-state index contributed by atoms with van der Waals surface area (Å²) in [5.41, 5.74) is 4.09. The summed E-state index contributed by atoms with van der Waals surface area (Å²) in [4.78, 5) is 5.70. The van der Waals surface area contributed by atoms with Crippen LogP contribution in [0.4, 0.5) is 5.69 Å². The number of nitrogens with zero attached hydrogens (tertiary/aromatic N) is 1. The zero-order chi connectivity index (χ0) is 13.2. The summed E-state index contributed by atoms with van der Waals surface area (Å²) < 4.78 is 0. The van der Waals surface area contributed by atoms with Crippen molar-refractivity contribution in [1.82, 2.24) is 10.3 Å². The van der Waals surface area contributed by atoms with E-state index in [0.717, 1.165) is 19.5 Å². The largest absolute Gasteiger partial charge is 0.384 e. The fourth-order valence-corrected chi connectivity index (χ4v) is 3.20. The van der Waals surface area contributed by atoms with Gasteiger partial charge in [0.1, 0.15) is 5.01 Å². The third-order valence-corrected chi connectivity index (χ3v) is 4.60. The second-order valence-corrected chi connectivity index (χ2v) is 6.35. The standard InChI is InChI=1S/C15H19N3S/c1-10-8-18-15(19-10)11(2)17-9-12-3-4-14-13(7-12)5-6-16-14/h3-4,7-8,11,16-17H,5-6,9H2,1-2H3. The maximum absolute atomic E-state index is 4.43. The van der Waals surface area contributed by atoms with Gasteiger partial charge in [-0.2, -0.15) is 0 Å². The van der Waals surface area contributed by atoms with Crippen molar-refractivity contribution in [2.24, 2.45) is 0 Å². The Hall–Kier alpha value is -1.39. The molecule has 3 nitrogen and oxygen atoms in total. The van der Waals surface area contributed by atoms with E-state index < -0.39 is 0 Å². The van der Waals surface area contributed by atoms with Crippen LogP contribution in [0, 0.1) is 6.92 Å². The molecule has 3 rings (SSSR count). The molecule has 2 N–H and O–H groups in total. The highest BCUT2D eigenvalue weighted by atomic mass is 32.1. The number of thiazole rings is 1.